The Labute approximate surface area is 148 Å². The van der Waals surface area contributed by atoms with Crippen LogP contribution >= 0.6 is 0 Å². The summed E-state index contributed by atoms with van der Waals surface area (Å²) in [7, 11) is 4.12. The van der Waals surface area contributed by atoms with Gasteiger partial charge in [-0.1, -0.05) is 0 Å². The predicted octanol–water partition coefficient (Wildman–Crippen LogP) is 1.07. The molecule has 7 nitrogen and oxygen atoms in total. The molecule has 1 aliphatic heterocycles. The van der Waals surface area contributed by atoms with Gasteiger partial charge >= 0.3 is 5.97 Å². The first kappa shape index (κ1) is 17.9. The molecule has 3 rings (SSSR count). The third kappa shape index (κ3) is 5.04. The molecule has 2 fully saturated rings. The zero-order valence-corrected chi connectivity index (χ0v) is 15.2. The van der Waals surface area contributed by atoms with E-state index in [1.807, 2.05) is 15.7 Å². The van der Waals surface area contributed by atoms with E-state index in [4.69, 9.17) is 4.74 Å². The van der Waals surface area contributed by atoms with Crippen LogP contribution < -0.4 is 0 Å². The maximum absolute atomic E-state index is 12.4. The molecular weight excluding hydrogens is 320 g/mol. The van der Waals surface area contributed by atoms with E-state index in [0.717, 1.165) is 38.2 Å². The maximum atomic E-state index is 12.4. The number of aryl methyl sites for hydroxylation is 2. The molecule has 1 atom stereocenters. The van der Waals surface area contributed by atoms with E-state index in [9.17, 15) is 9.59 Å². The van der Waals surface area contributed by atoms with Crippen LogP contribution in [0.5, 0.6) is 0 Å². The van der Waals surface area contributed by atoms with Gasteiger partial charge in [0.2, 0.25) is 5.91 Å². The van der Waals surface area contributed by atoms with Crippen molar-refractivity contribution in [2.45, 2.75) is 57.2 Å². The predicted molar refractivity (Wildman–Crippen MR) is 93.0 cm³/mol. The van der Waals surface area contributed by atoms with Crippen molar-refractivity contribution in [3.63, 3.8) is 0 Å². The Kier molecular flexibility index (Phi) is 5.73. The van der Waals surface area contributed by atoms with Crippen molar-refractivity contribution in [1.29, 1.82) is 0 Å². The second-order valence-electron chi connectivity index (χ2n) is 7.22. The number of ether oxygens (including phenoxy) is 1. The number of amides is 1. The van der Waals surface area contributed by atoms with Crippen molar-refractivity contribution in [2.75, 3.05) is 27.2 Å². The smallest absolute Gasteiger partial charge is 0.307 e. The molecule has 0 N–H and O–H groups in total. The van der Waals surface area contributed by atoms with Crippen LogP contribution in [0.3, 0.4) is 0 Å². The molecule has 0 bridgehead atoms. The highest BCUT2D eigenvalue weighted by Crippen LogP contribution is 2.24. The molecule has 1 aliphatic carbocycles. The number of aromatic nitrogens is 2. The van der Waals surface area contributed by atoms with Gasteiger partial charge in [-0.3, -0.25) is 9.59 Å². The minimum atomic E-state index is -0.148. The Balaban J connectivity index is 1.43. The van der Waals surface area contributed by atoms with E-state index in [-0.39, 0.29) is 18.0 Å². The van der Waals surface area contributed by atoms with Crippen LogP contribution in [0.1, 0.15) is 37.9 Å². The standard InChI is InChI=1S/C18H28N4O3/c1-20(2)14-7-10-22(13-14)17(23)6-5-16-19-9-12-21(16)11-8-18(24)25-15-3-4-15/h9,12,14-15H,3-8,10-11,13H2,1-2H3/t14-/m0/s1. The summed E-state index contributed by atoms with van der Waals surface area (Å²) in [5.74, 6) is 0.896. The molecule has 0 spiro atoms. The fourth-order valence-corrected chi connectivity index (χ4v) is 3.18. The van der Waals surface area contributed by atoms with Gasteiger partial charge in [0.25, 0.3) is 0 Å². The number of rotatable bonds is 8. The summed E-state index contributed by atoms with van der Waals surface area (Å²) >= 11 is 0. The monoisotopic (exact) mass is 348 g/mol. The van der Waals surface area contributed by atoms with Gasteiger partial charge in [0.05, 0.1) is 6.42 Å². The molecular formula is C18H28N4O3. The van der Waals surface area contributed by atoms with Gasteiger partial charge in [0, 0.05) is 50.9 Å². The van der Waals surface area contributed by atoms with E-state index < -0.39 is 0 Å². The number of hydrogen-bond acceptors (Lipinski definition) is 5. The van der Waals surface area contributed by atoms with Crippen molar-refractivity contribution in [3.8, 4) is 0 Å². The fraction of sp³-hybridized carbons (Fsp3) is 0.722. The van der Waals surface area contributed by atoms with Gasteiger partial charge in [-0.05, 0) is 33.4 Å². The molecule has 0 radical (unpaired) electrons. The zero-order chi connectivity index (χ0) is 17.8. The summed E-state index contributed by atoms with van der Waals surface area (Å²) in [6.07, 6.45) is 8.19. The third-order valence-electron chi connectivity index (χ3n) is 4.99. The fourth-order valence-electron chi connectivity index (χ4n) is 3.18. The average molecular weight is 348 g/mol. The molecule has 0 unspecified atom stereocenters. The second kappa shape index (κ2) is 7.99. The normalized spacial score (nSPS) is 20.3. The number of carbonyl (C=O) groups is 2. The van der Waals surface area contributed by atoms with Crippen LogP contribution in [0.15, 0.2) is 12.4 Å². The Morgan fingerprint density at radius 3 is 2.76 bits per heavy atom. The summed E-state index contributed by atoms with van der Waals surface area (Å²) in [6.45, 7) is 2.21. The number of carbonyl (C=O) groups excluding carboxylic acids is 2. The van der Waals surface area contributed by atoms with Crippen molar-refractivity contribution >= 4 is 11.9 Å². The molecule has 1 aromatic rings. The molecule has 1 amide bonds. The molecule has 0 aromatic carbocycles. The number of hydrogen-bond donors (Lipinski definition) is 0. The first-order chi connectivity index (χ1) is 12.0. The van der Waals surface area contributed by atoms with E-state index in [2.05, 4.69) is 24.0 Å². The molecule has 7 heteroatoms. The van der Waals surface area contributed by atoms with Crippen LogP contribution in [-0.2, 0) is 27.3 Å². The van der Waals surface area contributed by atoms with Crippen LogP contribution in [0.25, 0.3) is 0 Å². The minimum Gasteiger partial charge on any atom is -0.462 e. The summed E-state index contributed by atoms with van der Waals surface area (Å²) in [6, 6.07) is 0.461. The molecule has 1 saturated carbocycles. The average Bonchev–Trinajstić information content (AvgIpc) is 3.09. The molecule has 2 heterocycles. The summed E-state index contributed by atoms with van der Waals surface area (Å²) in [5.41, 5.74) is 0. The van der Waals surface area contributed by atoms with E-state index in [1.54, 1.807) is 6.20 Å². The Bertz CT molecular complexity index is 609. The first-order valence-corrected chi connectivity index (χ1v) is 9.16. The zero-order valence-electron chi connectivity index (χ0n) is 15.2. The molecule has 1 aromatic heterocycles. The van der Waals surface area contributed by atoms with Gasteiger partial charge < -0.3 is 19.1 Å². The Morgan fingerprint density at radius 1 is 1.28 bits per heavy atom. The summed E-state index contributed by atoms with van der Waals surface area (Å²) in [5, 5.41) is 0. The lowest BCUT2D eigenvalue weighted by molar-refractivity contribution is -0.145. The van der Waals surface area contributed by atoms with E-state index >= 15 is 0 Å². The van der Waals surface area contributed by atoms with E-state index in [1.165, 1.54) is 0 Å². The molecule has 1 saturated heterocycles. The SMILES string of the molecule is CN(C)[C@H]1CCN(C(=O)CCc2nccn2CCC(=O)OC2CC2)C1. The third-order valence-corrected chi connectivity index (χ3v) is 4.99. The second-order valence-corrected chi connectivity index (χ2v) is 7.22. The number of likely N-dealkylation sites (N-methyl/N-ethyl adjacent to an activating group) is 1. The van der Waals surface area contributed by atoms with Crippen molar-refractivity contribution in [3.05, 3.63) is 18.2 Å². The van der Waals surface area contributed by atoms with Gasteiger partial charge in [-0.25, -0.2) is 4.98 Å². The molecule has 2 aliphatic rings. The highest BCUT2D eigenvalue weighted by Gasteiger charge is 2.27. The van der Waals surface area contributed by atoms with Crippen LogP contribution in [0, 0.1) is 0 Å². The first-order valence-electron chi connectivity index (χ1n) is 9.16. The maximum Gasteiger partial charge on any atom is 0.307 e. The molecule has 25 heavy (non-hydrogen) atoms. The van der Waals surface area contributed by atoms with Gasteiger partial charge in [0.15, 0.2) is 0 Å². The lowest BCUT2D eigenvalue weighted by Crippen LogP contribution is -2.34. The number of likely N-dealkylation sites (tertiary alicyclic amines) is 1. The lowest BCUT2D eigenvalue weighted by atomic mass is 10.2. The van der Waals surface area contributed by atoms with Crippen LogP contribution in [0.2, 0.25) is 0 Å². The van der Waals surface area contributed by atoms with Crippen molar-refractivity contribution in [1.82, 2.24) is 19.4 Å². The largest absolute Gasteiger partial charge is 0.462 e. The minimum absolute atomic E-state index is 0.148. The number of nitrogens with zero attached hydrogens (tertiary/aromatic N) is 4. The number of imidazole rings is 1. The van der Waals surface area contributed by atoms with Gasteiger partial charge in [-0.2, -0.15) is 0 Å². The molecule has 138 valence electrons. The van der Waals surface area contributed by atoms with Crippen LogP contribution in [0.4, 0.5) is 0 Å². The van der Waals surface area contributed by atoms with Crippen molar-refractivity contribution in [2.24, 2.45) is 0 Å². The number of esters is 1. The summed E-state index contributed by atoms with van der Waals surface area (Å²) < 4.78 is 7.21. The topological polar surface area (TPSA) is 67.7 Å². The Hall–Kier alpha value is -1.89. The van der Waals surface area contributed by atoms with Gasteiger partial charge in [-0.15, -0.1) is 0 Å². The highest BCUT2D eigenvalue weighted by atomic mass is 16.5. The lowest BCUT2D eigenvalue weighted by Gasteiger charge is -2.20. The van der Waals surface area contributed by atoms with Crippen LogP contribution in [-0.4, -0.2) is 70.6 Å². The van der Waals surface area contributed by atoms with Crippen molar-refractivity contribution < 1.29 is 14.3 Å². The Morgan fingerprint density at radius 2 is 2.08 bits per heavy atom. The van der Waals surface area contributed by atoms with E-state index in [0.29, 0.717) is 31.8 Å². The quantitative estimate of drug-likeness (QED) is 0.658. The summed E-state index contributed by atoms with van der Waals surface area (Å²) in [4.78, 5) is 32.6. The highest BCUT2D eigenvalue weighted by molar-refractivity contribution is 5.76. The van der Waals surface area contributed by atoms with Gasteiger partial charge in [0.1, 0.15) is 11.9 Å².